The molecule has 58 heavy (non-hydrogen) atoms. The minimum absolute atomic E-state index is 0.596. The number of nitrogens with zero attached hydrogens (tertiary/aromatic N) is 2. The van der Waals surface area contributed by atoms with Crippen LogP contribution in [0.2, 0.25) is 0 Å². The van der Waals surface area contributed by atoms with E-state index in [1.54, 1.807) is 0 Å². The molecule has 0 saturated carbocycles. The van der Waals surface area contributed by atoms with E-state index in [0.29, 0.717) is 11.4 Å². The van der Waals surface area contributed by atoms with Gasteiger partial charge in [0.15, 0.2) is 11.4 Å². The Morgan fingerprint density at radius 2 is 0.845 bits per heavy atom. The van der Waals surface area contributed by atoms with Gasteiger partial charge in [-0.3, -0.25) is 0 Å². The van der Waals surface area contributed by atoms with Gasteiger partial charge in [-0.25, -0.2) is 9.97 Å². The van der Waals surface area contributed by atoms with Crippen molar-refractivity contribution in [1.82, 2.24) is 9.97 Å². The number of benzene rings is 8. The molecule has 270 valence electrons. The molecule has 0 N–H and O–H groups in total. The van der Waals surface area contributed by atoms with Crippen LogP contribution >= 0.6 is 0 Å². The zero-order valence-corrected chi connectivity index (χ0v) is 30.7. The molecule has 0 unspecified atom stereocenters. The van der Waals surface area contributed by atoms with E-state index >= 15 is 0 Å². The second kappa shape index (κ2) is 11.8. The van der Waals surface area contributed by atoms with Crippen LogP contribution in [0.5, 0.6) is 0 Å². The van der Waals surface area contributed by atoms with E-state index in [-0.39, 0.29) is 0 Å². The van der Waals surface area contributed by atoms with Gasteiger partial charge in [0.05, 0.1) is 0 Å². The molecule has 0 spiro atoms. The Bertz CT molecular complexity index is 3810. The predicted octanol–water partition coefficient (Wildman–Crippen LogP) is 14.7. The molecular weight excluding hydrogens is 717 g/mol. The van der Waals surface area contributed by atoms with Crippen molar-refractivity contribution in [3.63, 3.8) is 0 Å². The topological polar surface area (TPSA) is 78.3 Å². The van der Waals surface area contributed by atoms with E-state index in [0.717, 1.165) is 121 Å². The summed E-state index contributed by atoms with van der Waals surface area (Å²) in [7, 11) is 0. The first-order valence-corrected chi connectivity index (χ1v) is 19.3. The van der Waals surface area contributed by atoms with Crippen molar-refractivity contribution in [2.45, 2.75) is 0 Å². The summed E-state index contributed by atoms with van der Waals surface area (Å²) in [6.45, 7) is 0. The number of hydrogen-bond donors (Lipinski definition) is 0. The lowest BCUT2D eigenvalue weighted by Gasteiger charge is -2.08. The highest BCUT2D eigenvalue weighted by Gasteiger charge is 2.22. The monoisotopic (exact) mass is 744 g/mol. The zero-order valence-electron chi connectivity index (χ0n) is 30.7. The summed E-state index contributed by atoms with van der Waals surface area (Å²) >= 11 is 0. The molecule has 0 aliphatic heterocycles. The molecule has 6 nitrogen and oxygen atoms in total. The van der Waals surface area contributed by atoms with Gasteiger partial charge in [-0.1, -0.05) is 103 Å². The smallest absolute Gasteiger partial charge is 0.180 e. The number of aromatic nitrogens is 2. The third-order valence-corrected chi connectivity index (χ3v) is 11.5. The second-order valence-corrected chi connectivity index (χ2v) is 14.9. The van der Waals surface area contributed by atoms with Gasteiger partial charge in [-0.2, -0.15) is 0 Å². The molecule has 0 saturated heterocycles. The van der Waals surface area contributed by atoms with E-state index in [4.69, 9.17) is 27.6 Å². The summed E-state index contributed by atoms with van der Waals surface area (Å²) in [6.07, 6.45) is 0. The molecule has 0 bridgehead atoms. The maximum atomic E-state index is 6.71. The molecule has 6 heteroatoms. The molecule has 0 amide bonds. The van der Waals surface area contributed by atoms with Crippen molar-refractivity contribution in [3.8, 4) is 44.9 Å². The maximum Gasteiger partial charge on any atom is 0.180 e. The molecule has 0 fully saturated rings. The third-order valence-electron chi connectivity index (χ3n) is 11.5. The van der Waals surface area contributed by atoms with Crippen LogP contribution in [0, 0.1) is 0 Å². The SMILES string of the molecule is c1ccc(-c2nc(-c3cccc4oc5ccc(-c6ccc7oc8ccccc8c7c6)cc5c34)nc3c2oc2cc(-c4ccc5c(c4)oc4ccccc45)ccc23)cc1. The van der Waals surface area contributed by atoms with E-state index in [2.05, 4.69) is 103 Å². The van der Waals surface area contributed by atoms with Crippen molar-refractivity contribution in [2.75, 3.05) is 0 Å². The zero-order chi connectivity index (χ0) is 37.9. The quantitative estimate of drug-likeness (QED) is 0.179. The number of para-hydroxylation sites is 2. The van der Waals surface area contributed by atoms with Gasteiger partial charge >= 0.3 is 0 Å². The summed E-state index contributed by atoms with van der Waals surface area (Å²) in [4.78, 5) is 10.6. The van der Waals surface area contributed by atoms with E-state index in [9.17, 15) is 0 Å². The molecule has 13 aromatic rings. The van der Waals surface area contributed by atoms with Crippen LogP contribution in [0.3, 0.4) is 0 Å². The molecule has 8 aromatic carbocycles. The van der Waals surface area contributed by atoms with Crippen LogP contribution in [-0.2, 0) is 0 Å². The largest absolute Gasteiger partial charge is 0.456 e. The van der Waals surface area contributed by atoms with Crippen LogP contribution < -0.4 is 0 Å². The van der Waals surface area contributed by atoms with Crippen molar-refractivity contribution < 1.29 is 17.7 Å². The summed E-state index contributed by atoms with van der Waals surface area (Å²) in [5.74, 6) is 0.596. The first kappa shape index (κ1) is 31.3. The fourth-order valence-electron chi connectivity index (χ4n) is 8.74. The van der Waals surface area contributed by atoms with Gasteiger partial charge in [0.1, 0.15) is 50.3 Å². The van der Waals surface area contributed by atoms with Crippen molar-refractivity contribution in [2.24, 2.45) is 0 Å². The standard InChI is InChI=1S/C52H28N2O4/c1-2-9-29(10-3-1)49-51-50(37-22-18-33(28-47(37)58-51)32-17-21-36-34-11-4-6-14-41(34)57-46(36)27-32)54-52(53-49)38-13-8-16-45-48(38)40-26-31(20-24-44(40)56-45)30-19-23-43-39(25-30)35-12-5-7-15-42(35)55-43/h1-28H. The first-order valence-electron chi connectivity index (χ1n) is 19.3. The van der Waals surface area contributed by atoms with Crippen molar-refractivity contribution in [1.29, 1.82) is 0 Å². The molecule has 5 heterocycles. The van der Waals surface area contributed by atoms with Gasteiger partial charge in [-0.15, -0.1) is 0 Å². The molecule has 13 rings (SSSR count). The Morgan fingerprint density at radius 1 is 0.310 bits per heavy atom. The van der Waals surface area contributed by atoms with E-state index in [1.165, 1.54) is 0 Å². The lowest BCUT2D eigenvalue weighted by Crippen LogP contribution is -1.94. The van der Waals surface area contributed by atoms with Crippen LogP contribution in [0.15, 0.2) is 188 Å². The number of hydrogen-bond acceptors (Lipinski definition) is 6. The molecule has 5 aromatic heterocycles. The average Bonchev–Trinajstić information content (AvgIpc) is 4.05. The van der Waals surface area contributed by atoms with Gasteiger partial charge in [0.2, 0.25) is 0 Å². The molecule has 0 radical (unpaired) electrons. The minimum atomic E-state index is 0.596. The highest BCUT2D eigenvalue weighted by molar-refractivity contribution is 6.15. The summed E-state index contributed by atoms with van der Waals surface area (Å²) in [5, 5.41) is 7.27. The molecular formula is C52H28N2O4. The van der Waals surface area contributed by atoms with Gasteiger partial charge in [0.25, 0.3) is 0 Å². The Balaban J connectivity index is 0.988. The normalized spacial score (nSPS) is 12.1. The highest BCUT2D eigenvalue weighted by atomic mass is 16.3. The van der Waals surface area contributed by atoms with E-state index < -0.39 is 0 Å². The minimum Gasteiger partial charge on any atom is -0.456 e. The fourth-order valence-corrected chi connectivity index (χ4v) is 8.74. The number of fused-ring (bicyclic) bond motifs is 12. The summed E-state index contributed by atoms with van der Waals surface area (Å²) in [6, 6.07) is 58.0. The summed E-state index contributed by atoms with van der Waals surface area (Å²) < 4.78 is 25.5. The summed E-state index contributed by atoms with van der Waals surface area (Å²) in [5.41, 5.74) is 14.0. The van der Waals surface area contributed by atoms with Crippen molar-refractivity contribution >= 4 is 87.9 Å². The second-order valence-electron chi connectivity index (χ2n) is 14.9. The molecule has 0 aliphatic rings. The van der Waals surface area contributed by atoms with Gasteiger partial charge in [-0.05, 0) is 89.0 Å². The van der Waals surface area contributed by atoms with Gasteiger partial charge in [0, 0.05) is 48.8 Å². The lowest BCUT2D eigenvalue weighted by atomic mass is 9.99. The predicted molar refractivity (Wildman–Crippen MR) is 233 cm³/mol. The maximum absolute atomic E-state index is 6.71. The van der Waals surface area contributed by atoms with Crippen LogP contribution in [0.4, 0.5) is 0 Å². The third kappa shape index (κ3) is 4.60. The molecule has 0 atom stereocenters. The first-order chi connectivity index (χ1) is 28.7. The average molecular weight is 745 g/mol. The van der Waals surface area contributed by atoms with Crippen LogP contribution in [0.1, 0.15) is 0 Å². The van der Waals surface area contributed by atoms with E-state index in [1.807, 2.05) is 66.7 Å². The number of rotatable bonds is 4. The van der Waals surface area contributed by atoms with Crippen molar-refractivity contribution in [3.05, 3.63) is 170 Å². The van der Waals surface area contributed by atoms with Crippen LogP contribution in [0.25, 0.3) is 133 Å². The Hall–Kier alpha value is -7.96. The fraction of sp³-hybridized carbons (Fsp3) is 0. The Labute approximate surface area is 329 Å². The Kier molecular flexibility index (Phi) is 6.35. The van der Waals surface area contributed by atoms with Gasteiger partial charge < -0.3 is 17.7 Å². The number of furan rings is 4. The lowest BCUT2D eigenvalue weighted by molar-refractivity contribution is 0.667. The van der Waals surface area contributed by atoms with Crippen LogP contribution in [-0.4, -0.2) is 9.97 Å². The highest BCUT2D eigenvalue weighted by Crippen LogP contribution is 2.42. The Morgan fingerprint density at radius 3 is 1.62 bits per heavy atom. The molecule has 0 aliphatic carbocycles.